The summed E-state index contributed by atoms with van der Waals surface area (Å²) in [5.41, 5.74) is 6.73. The Hall–Kier alpha value is -1.79. The number of benzene rings is 2. The lowest BCUT2D eigenvalue weighted by atomic mass is 10.1. The summed E-state index contributed by atoms with van der Waals surface area (Å²) in [4.78, 5) is -0.0449. The maximum absolute atomic E-state index is 13.7. The van der Waals surface area contributed by atoms with Gasteiger partial charge >= 0.3 is 0 Å². The Morgan fingerprint density at radius 3 is 2.57 bits per heavy atom. The number of hydrogen-bond acceptors (Lipinski definition) is 3. The van der Waals surface area contributed by atoms with Gasteiger partial charge < -0.3 is 5.73 Å². The van der Waals surface area contributed by atoms with Crippen LogP contribution in [0.2, 0.25) is 5.02 Å². The van der Waals surface area contributed by atoms with Gasteiger partial charge in [-0.3, -0.25) is 4.72 Å². The molecule has 0 amide bonds. The molecule has 3 N–H and O–H groups in total. The van der Waals surface area contributed by atoms with E-state index in [0.717, 1.165) is 11.6 Å². The van der Waals surface area contributed by atoms with Gasteiger partial charge in [0.25, 0.3) is 10.0 Å². The van der Waals surface area contributed by atoms with Gasteiger partial charge in [-0.15, -0.1) is 0 Å². The molecule has 0 atom stereocenters. The highest BCUT2D eigenvalue weighted by atomic mass is 35.5. The molecule has 0 saturated heterocycles. The highest BCUT2D eigenvalue weighted by Gasteiger charge is 2.19. The lowest BCUT2D eigenvalue weighted by Gasteiger charge is -2.12. The topological polar surface area (TPSA) is 72.2 Å². The summed E-state index contributed by atoms with van der Waals surface area (Å²) >= 11 is 5.81. The lowest BCUT2D eigenvalue weighted by Crippen LogP contribution is -2.15. The highest BCUT2D eigenvalue weighted by Crippen LogP contribution is 2.28. The third-order valence-corrected chi connectivity index (χ3v) is 4.67. The van der Waals surface area contributed by atoms with Crippen LogP contribution in [-0.2, 0) is 16.4 Å². The number of nitrogens with one attached hydrogen (secondary N) is 1. The second-order valence-electron chi connectivity index (χ2n) is 4.42. The molecule has 0 aromatic heterocycles. The van der Waals surface area contributed by atoms with Gasteiger partial charge in [-0.05, 0) is 36.2 Å². The predicted molar refractivity (Wildman–Crippen MR) is 82.5 cm³/mol. The third kappa shape index (κ3) is 3.28. The third-order valence-electron chi connectivity index (χ3n) is 3.01. The number of sulfonamides is 1. The molecule has 2 rings (SSSR count). The number of rotatable bonds is 4. The minimum Gasteiger partial charge on any atom is -0.398 e. The number of nitrogen functional groups attached to an aromatic ring is 1. The molecule has 0 unspecified atom stereocenters. The zero-order chi connectivity index (χ0) is 15.6. The van der Waals surface area contributed by atoms with Crippen LogP contribution >= 0.6 is 11.6 Å². The molecule has 0 heterocycles. The minimum absolute atomic E-state index is 0.0169. The Bertz CT molecular complexity index is 758. The largest absolute Gasteiger partial charge is 0.398 e. The molecule has 0 aliphatic carbocycles. The molecular weight excluding hydrogens is 315 g/mol. The van der Waals surface area contributed by atoms with Crippen LogP contribution in [-0.4, -0.2) is 8.42 Å². The van der Waals surface area contributed by atoms with Crippen molar-refractivity contribution in [3.63, 3.8) is 0 Å². The quantitative estimate of drug-likeness (QED) is 0.845. The maximum atomic E-state index is 13.7. The van der Waals surface area contributed by atoms with Crippen molar-refractivity contribution in [2.75, 3.05) is 10.5 Å². The van der Waals surface area contributed by atoms with Crippen molar-refractivity contribution >= 4 is 33.0 Å². The van der Waals surface area contributed by atoms with Crippen LogP contribution in [0.3, 0.4) is 0 Å². The number of para-hydroxylation sites is 1. The molecule has 0 spiro atoms. The smallest absolute Gasteiger partial charge is 0.262 e. The van der Waals surface area contributed by atoms with E-state index in [0.29, 0.717) is 12.1 Å². The van der Waals surface area contributed by atoms with Crippen molar-refractivity contribution in [2.45, 2.75) is 18.2 Å². The van der Waals surface area contributed by atoms with Gasteiger partial charge in [0.05, 0.1) is 9.92 Å². The molecule has 7 heteroatoms. The molecule has 0 radical (unpaired) electrons. The minimum atomic E-state index is -3.96. The van der Waals surface area contributed by atoms with E-state index in [1.807, 2.05) is 6.92 Å². The second kappa shape index (κ2) is 5.91. The summed E-state index contributed by atoms with van der Waals surface area (Å²) in [6.07, 6.45) is 0.693. The first-order valence-electron chi connectivity index (χ1n) is 6.20. The van der Waals surface area contributed by atoms with Crippen LogP contribution < -0.4 is 10.5 Å². The molecule has 112 valence electrons. The van der Waals surface area contributed by atoms with E-state index in [1.54, 1.807) is 6.07 Å². The van der Waals surface area contributed by atoms with Gasteiger partial charge in [0.15, 0.2) is 0 Å². The van der Waals surface area contributed by atoms with E-state index in [-0.39, 0.29) is 15.6 Å². The fourth-order valence-electron chi connectivity index (χ4n) is 1.85. The predicted octanol–water partition coefficient (Wildman–Crippen LogP) is 3.42. The Kier molecular flexibility index (Phi) is 4.39. The number of halogens is 2. The first-order chi connectivity index (χ1) is 9.85. The normalized spacial score (nSPS) is 11.4. The standard InChI is InChI=1S/C14H14ClFN2O2S/c1-2-9-6-7-10(8-13(9)17)21(19,20)18-14-11(15)4-3-5-12(14)16/h3-8,18H,2,17H2,1H3. The van der Waals surface area contributed by atoms with Crippen LogP contribution in [0.1, 0.15) is 12.5 Å². The highest BCUT2D eigenvalue weighted by molar-refractivity contribution is 7.92. The van der Waals surface area contributed by atoms with Crippen LogP contribution in [0.25, 0.3) is 0 Å². The molecule has 0 fully saturated rings. The van der Waals surface area contributed by atoms with E-state index < -0.39 is 15.8 Å². The fraction of sp³-hybridized carbons (Fsp3) is 0.143. The van der Waals surface area contributed by atoms with E-state index >= 15 is 0 Å². The van der Waals surface area contributed by atoms with E-state index in [1.165, 1.54) is 24.3 Å². The molecule has 2 aromatic carbocycles. The Balaban J connectivity index is 2.41. The Morgan fingerprint density at radius 2 is 2.00 bits per heavy atom. The monoisotopic (exact) mass is 328 g/mol. The van der Waals surface area contributed by atoms with Gasteiger partial charge in [-0.25, -0.2) is 12.8 Å². The zero-order valence-corrected chi connectivity index (χ0v) is 12.8. The molecule has 2 aromatic rings. The van der Waals surface area contributed by atoms with Crippen LogP contribution in [0.4, 0.5) is 15.8 Å². The Labute approximate surface area is 127 Å². The summed E-state index contributed by atoms with van der Waals surface area (Å²) in [6.45, 7) is 1.91. The van der Waals surface area contributed by atoms with Crippen LogP contribution in [0.15, 0.2) is 41.3 Å². The number of aryl methyl sites for hydroxylation is 1. The molecule has 0 saturated carbocycles. The van der Waals surface area contributed by atoms with Crippen molar-refractivity contribution in [3.8, 4) is 0 Å². The van der Waals surface area contributed by atoms with Crippen molar-refractivity contribution < 1.29 is 12.8 Å². The summed E-state index contributed by atoms with van der Waals surface area (Å²) in [6, 6.07) is 8.31. The van der Waals surface area contributed by atoms with Crippen molar-refractivity contribution in [2.24, 2.45) is 0 Å². The fourth-order valence-corrected chi connectivity index (χ4v) is 3.24. The van der Waals surface area contributed by atoms with Crippen molar-refractivity contribution in [1.29, 1.82) is 0 Å². The average Bonchev–Trinajstić information content (AvgIpc) is 2.43. The first-order valence-corrected chi connectivity index (χ1v) is 8.06. The van der Waals surface area contributed by atoms with Gasteiger partial charge in [-0.1, -0.05) is 30.7 Å². The van der Waals surface area contributed by atoms with Crippen LogP contribution in [0.5, 0.6) is 0 Å². The van der Waals surface area contributed by atoms with Gasteiger partial charge in [-0.2, -0.15) is 0 Å². The Morgan fingerprint density at radius 1 is 1.29 bits per heavy atom. The molecule has 0 aliphatic heterocycles. The molecule has 21 heavy (non-hydrogen) atoms. The summed E-state index contributed by atoms with van der Waals surface area (Å²) in [7, 11) is -3.96. The summed E-state index contributed by atoms with van der Waals surface area (Å²) in [5, 5.41) is -0.0169. The summed E-state index contributed by atoms with van der Waals surface area (Å²) < 4.78 is 40.3. The maximum Gasteiger partial charge on any atom is 0.262 e. The molecule has 4 nitrogen and oxygen atoms in total. The number of hydrogen-bond donors (Lipinski definition) is 2. The zero-order valence-electron chi connectivity index (χ0n) is 11.2. The number of nitrogens with two attached hydrogens (primary N) is 1. The van der Waals surface area contributed by atoms with Crippen molar-refractivity contribution in [3.05, 3.63) is 52.8 Å². The second-order valence-corrected chi connectivity index (χ2v) is 6.51. The SMILES string of the molecule is CCc1ccc(S(=O)(=O)Nc2c(F)cccc2Cl)cc1N. The molecule has 0 bridgehead atoms. The summed E-state index contributed by atoms with van der Waals surface area (Å²) in [5.74, 6) is -0.746. The number of anilines is 2. The van der Waals surface area contributed by atoms with E-state index in [4.69, 9.17) is 17.3 Å². The van der Waals surface area contributed by atoms with Crippen molar-refractivity contribution in [1.82, 2.24) is 0 Å². The van der Waals surface area contributed by atoms with E-state index in [9.17, 15) is 12.8 Å². The van der Waals surface area contributed by atoms with Gasteiger partial charge in [0.2, 0.25) is 0 Å². The lowest BCUT2D eigenvalue weighted by molar-refractivity contribution is 0.598. The van der Waals surface area contributed by atoms with E-state index in [2.05, 4.69) is 4.72 Å². The average molecular weight is 329 g/mol. The molecule has 0 aliphatic rings. The van der Waals surface area contributed by atoms with Crippen LogP contribution in [0, 0.1) is 5.82 Å². The first kappa shape index (κ1) is 15.6. The van der Waals surface area contributed by atoms with Gasteiger partial charge in [0.1, 0.15) is 11.5 Å². The molecular formula is C14H14ClFN2O2S. The van der Waals surface area contributed by atoms with Gasteiger partial charge in [0, 0.05) is 5.69 Å².